The standard InChI is InChI=1S/C23H26N2O5/c1-23(2,27)10-9-18-6-8-20(30-18)22(26)25-11-3-4-17(15-25)24-16-5-7-19-21(14-16)29-13-12-28-19/h5-8,14,17,24,27H,3-4,11-13,15H2,1-2H3/t17-/m0/s1. The summed E-state index contributed by atoms with van der Waals surface area (Å²) in [6.07, 6.45) is 1.87. The Morgan fingerprint density at radius 3 is 2.80 bits per heavy atom. The van der Waals surface area contributed by atoms with Crippen molar-refractivity contribution in [3.05, 3.63) is 41.9 Å². The first kappa shape index (κ1) is 20.2. The molecular weight excluding hydrogens is 384 g/mol. The number of hydrogen-bond donors (Lipinski definition) is 2. The number of carbonyl (C=O) groups is 1. The van der Waals surface area contributed by atoms with Crippen LogP contribution in [0.1, 0.15) is 43.0 Å². The molecule has 2 aromatic rings. The summed E-state index contributed by atoms with van der Waals surface area (Å²) >= 11 is 0. The van der Waals surface area contributed by atoms with E-state index >= 15 is 0 Å². The fourth-order valence-electron chi connectivity index (χ4n) is 3.54. The quantitative estimate of drug-likeness (QED) is 0.757. The molecule has 0 bridgehead atoms. The smallest absolute Gasteiger partial charge is 0.289 e. The van der Waals surface area contributed by atoms with Gasteiger partial charge in [-0.2, -0.15) is 0 Å². The van der Waals surface area contributed by atoms with Crippen molar-refractivity contribution in [3.63, 3.8) is 0 Å². The first-order valence-corrected chi connectivity index (χ1v) is 10.2. The second-order valence-corrected chi connectivity index (χ2v) is 8.07. The summed E-state index contributed by atoms with van der Waals surface area (Å²) in [5.74, 6) is 7.41. The number of benzene rings is 1. The number of furan rings is 1. The minimum Gasteiger partial charge on any atom is -0.486 e. The van der Waals surface area contributed by atoms with E-state index in [0.29, 0.717) is 32.1 Å². The van der Waals surface area contributed by atoms with Gasteiger partial charge in [0.1, 0.15) is 18.8 Å². The summed E-state index contributed by atoms with van der Waals surface area (Å²) in [6.45, 7) is 5.57. The SMILES string of the molecule is CC(C)(O)C#Cc1ccc(C(=O)N2CCC[C@H](Nc3ccc4c(c3)OCCO4)C2)o1. The highest BCUT2D eigenvalue weighted by Gasteiger charge is 2.26. The third-order valence-electron chi connectivity index (χ3n) is 4.93. The van der Waals surface area contributed by atoms with Crippen LogP contribution in [0.3, 0.4) is 0 Å². The van der Waals surface area contributed by atoms with Crippen LogP contribution < -0.4 is 14.8 Å². The van der Waals surface area contributed by atoms with Crippen LogP contribution in [0.4, 0.5) is 5.69 Å². The summed E-state index contributed by atoms with van der Waals surface area (Å²) in [6, 6.07) is 9.23. The second-order valence-electron chi connectivity index (χ2n) is 8.07. The molecule has 1 aromatic carbocycles. The third kappa shape index (κ3) is 4.89. The number of aliphatic hydroxyl groups is 1. The molecule has 30 heavy (non-hydrogen) atoms. The van der Waals surface area contributed by atoms with Gasteiger partial charge in [-0.25, -0.2) is 0 Å². The predicted octanol–water partition coefficient (Wildman–Crippen LogP) is 2.89. The van der Waals surface area contributed by atoms with E-state index in [4.69, 9.17) is 13.9 Å². The molecule has 7 heteroatoms. The fourth-order valence-corrected chi connectivity index (χ4v) is 3.54. The lowest BCUT2D eigenvalue weighted by atomic mass is 10.0. The minimum absolute atomic E-state index is 0.134. The monoisotopic (exact) mass is 410 g/mol. The zero-order valence-corrected chi connectivity index (χ0v) is 17.2. The summed E-state index contributed by atoms with van der Waals surface area (Å²) < 4.78 is 16.8. The van der Waals surface area contributed by atoms with E-state index in [9.17, 15) is 9.90 Å². The largest absolute Gasteiger partial charge is 0.486 e. The normalized spacial score (nSPS) is 18.4. The third-order valence-corrected chi connectivity index (χ3v) is 4.93. The summed E-state index contributed by atoms with van der Waals surface area (Å²) in [7, 11) is 0. The van der Waals surface area contributed by atoms with Gasteiger partial charge in [0.15, 0.2) is 23.0 Å². The highest BCUT2D eigenvalue weighted by molar-refractivity contribution is 5.91. The van der Waals surface area contributed by atoms with Gasteiger partial charge in [0, 0.05) is 30.9 Å². The van der Waals surface area contributed by atoms with Crippen LogP contribution in [-0.4, -0.2) is 53.9 Å². The van der Waals surface area contributed by atoms with E-state index in [-0.39, 0.29) is 17.7 Å². The van der Waals surface area contributed by atoms with Crippen molar-refractivity contribution >= 4 is 11.6 Å². The van der Waals surface area contributed by atoms with Crippen molar-refractivity contribution in [2.24, 2.45) is 0 Å². The molecular formula is C23H26N2O5. The number of nitrogens with zero attached hydrogens (tertiary/aromatic N) is 1. The molecule has 1 fully saturated rings. The lowest BCUT2D eigenvalue weighted by molar-refractivity contribution is 0.0682. The Morgan fingerprint density at radius 1 is 1.20 bits per heavy atom. The Balaban J connectivity index is 1.39. The number of fused-ring (bicyclic) bond motifs is 1. The van der Waals surface area contributed by atoms with Crippen molar-refractivity contribution in [1.82, 2.24) is 4.90 Å². The maximum atomic E-state index is 12.9. The molecule has 1 atom stereocenters. The van der Waals surface area contributed by atoms with Crippen molar-refractivity contribution in [3.8, 4) is 23.3 Å². The van der Waals surface area contributed by atoms with E-state index in [0.717, 1.165) is 30.0 Å². The predicted molar refractivity (Wildman–Crippen MR) is 112 cm³/mol. The molecule has 0 radical (unpaired) electrons. The molecule has 2 aliphatic rings. The van der Waals surface area contributed by atoms with Gasteiger partial charge < -0.3 is 29.2 Å². The topological polar surface area (TPSA) is 84.2 Å². The van der Waals surface area contributed by atoms with Gasteiger partial charge in [-0.15, -0.1) is 0 Å². The van der Waals surface area contributed by atoms with Gasteiger partial charge in [-0.05, 0) is 56.9 Å². The Labute approximate surface area is 176 Å². The highest BCUT2D eigenvalue weighted by atomic mass is 16.6. The molecule has 1 aromatic heterocycles. The van der Waals surface area contributed by atoms with Crippen LogP contribution in [0.25, 0.3) is 0 Å². The number of ether oxygens (including phenoxy) is 2. The molecule has 1 amide bonds. The Bertz CT molecular complexity index is 979. The number of piperidine rings is 1. The average molecular weight is 410 g/mol. The molecule has 1 saturated heterocycles. The van der Waals surface area contributed by atoms with E-state index in [1.165, 1.54) is 0 Å². The number of anilines is 1. The average Bonchev–Trinajstić information content (AvgIpc) is 3.20. The lowest BCUT2D eigenvalue weighted by Gasteiger charge is -2.33. The number of nitrogens with one attached hydrogen (secondary N) is 1. The molecule has 2 N–H and O–H groups in total. The maximum absolute atomic E-state index is 12.9. The van der Waals surface area contributed by atoms with Gasteiger partial charge >= 0.3 is 0 Å². The number of rotatable bonds is 3. The van der Waals surface area contributed by atoms with Crippen LogP contribution in [-0.2, 0) is 0 Å². The van der Waals surface area contributed by atoms with Crippen LogP contribution in [0.5, 0.6) is 11.5 Å². The lowest BCUT2D eigenvalue weighted by Crippen LogP contribution is -2.45. The minimum atomic E-state index is -1.11. The van der Waals surface area contributed by atoms with Crippen LogP contribution >= 0.6 is 0 Å². The Hall–Kier alpha value is -3.11. The van der Waals surface area contributed by atoms with Crippen LogP contribution in [0.2, 0.25) is 0 Å². The van der Waals surface area contributed by atoms with E-state index < -0.39 is 5.60 Å². The van der Waals surface area contributed by atoms with Crippen molar-refractivity contribution in [1.29, 1.82) is 0 Å². The molecule has 0 aliphatic carbocycles. The van der Waals surface area contributed by atoms with Crippen molar-refractivity contribution in [2.45, 2.75) is 38.3 Å². The maximum Gasteiger partial charge on any atom is 0.289 e. The zero-order chi connectivity index (χ0) is 21.1. The summed E-state index contributed by atoms with van der Waals surface area (Å²) in [5, 5.41) is 13.2. The molecule has 2 aliphatic heterocycles. The first-order chi connectivity index (χ1) is 14.4. The summed E-state index contributed by atoms with van der Waals surface area (Å²) in [4.78, 5) is 14.7. The number of amides is 1. The Morgan fingerprint density at radius 2 is 2.00 bits per heavy atom. The molecule has 4 rings (SSSR count). The number of hydrogen-bond acceptors (Lipinski definition) is 6. The van der Waals surface area contributed by atoms with E-state index in [1.54, 1.807) is 30.9 Å². The van der Waals surface area contributed by atoms with E-state index in [2.05, 4.69) is 17.2 Å². The first-order valence-electron chi connectivity index (χ1n) is 10.2. The summed E-state index contributed by atoms with van der Waals surface area (Å²) in [5.41, 5.74) is -0.169. The van der Waals surface area contributed by atoms with Gasteiger partial charge in [-0.3, -0.25) is 4.79 Å². The molecule has 0 unspecified atom stereocenters. The molecule has 0 spiro atoms. The van der Waals surface area contributed by atoms with Crippen molar-refractivity contribution in [2.75, 3.05) is 31.6 Å². The van der Waals surface area contributed by atoms with Gasteiger partial charge in [0.25, 0.3) is 5.91 Å². The zero-order valence-electron chi connectivity index (χ0n) is 17.2. The van der Waals surface area contributed by atoms with Gasteiger partial charge in [0.2, 0.25) is 0 Å². The van der Waals surface area contributed by atoms with Crippen LogP contribution in [0.15, 0.2) is 34.7 Å². The molecule has 3 heterocycles. The van der Waals surface area contributed by atoms with Gasteiger partial charge in [0.05, 0.1) is 0 Å². The number of carbonyl (C=O) groups excluding carboxylic acids is 1. The highest BCUT2D eigenvalue weighted by Crippen LogP contribution is 2.33. The van der Waals surface area contributed by atoms with E-state index in [1.807, 2.05) is 18.2 Å². The fraction of sp³-hybridized carbons (Fsp3) is 0.435. The number of likely N-dealkylation sites (tertiary alicyclic amines) is 1. The molecule has 7 nitrogen and oxygen atoms in total. The molecule has 158 valence electrons. The second kappa shape index (κ2) is 8.33. The van der Waals surface area contributed by atoms with Gasteiger partial charge in [-0.1, -0.05) is 5.92 Å². The van der Waals surface area contributed by atoms with Crippen LogP contribution in [0, 0.1) is 11.8 Å². The molecule has 0 saturated carbocycles. The Kier molecular flexibility index (Phi) is 5.60. The van der Waals surface area contributed by atoms with Crippen molar-refractivity contribution < 1.29 is 23.8 Å².